The summed E-state index contributed by atoms with van der Waals surface area (Å²) in [6.45, 7) is 3.78. The molecule has 2 aromatic heterocycles. The van der Waals surface area contributed by atoms with E-state index < -0.39 is 0 Å². The van der Waals surface area contributed by atoms with Gasteiger partial charge in [0.1, 0.15) is 0 Å². The summed E-state index contributed by atoms with van der Waals surface area (Å²) >= 11 is 0. The van der Waals surface area contributed by atoms with Crippen LogP contribution in [0.3, 0.4) is 0 Å². The van der Waals surface area contributed by atoms with E-state index in [0.717, 1.165) is 26.2 Å². The highest BCUT2D eigenvalue weighted by Gasteiger charge is 2.01. The van der Waals surface area contributed by atoms with Crippen LogP contribution in [0, 0.1) is 0 Å². The maximum atomic E-state index is 4.17. The van der Waals surface area contributed by atoms with Gasteiger partial charge in [-0.05, 0) is 18.7 Å². The lowest BCUT2D eigenvalue weighted by Gasteiger charge is -2.15. The lowest BCUT2D eigenvalue weighted by Crippen LogP contribution is -2.28. The first-order valence-corrected chi connectivity index (χ1v) is 6.50. The average molecular weight is 259 g/mol. The molecule has 0 spiro atoms. The fourth-order valence-corrected chi connectivity index (χ4v) is 1.95. The molecule has 0 saturated carbocycles. The van der Waals surface area contributed by atoms with Crippen molar-refractivity contribution in [2.24, 2.45) is 7.05 Å². The molecule has 0 atom stereocenters. The SMILES string of the molecule is CN(CCNCc1cccnc1)Cc1cnn(C)c1. The highest BCUT2D eigenvalue weighted by Crippen LogP contribution is 2.00. The Morgan fingerprint density at radius 2 is 2.21 bits per heavy atom. The summed E-state index contributed by atoms with van der Waals surface area (Å²) in [7, 11) is 4.07. The van der Waals surface area contributed by atoms with E-state index in [1.807, 2.05) is 30.2 Å². The minimum absolute atomic E-state index is 0.870. The summed E-state index contributed by atoms with van der Waals surface area (Å²) in [6, 6.07) is 4.05. The highest BCUT2D eigenvalue weighted by molar-refractivity contribution is 5.07. The number of rotatable bonds is 7. The molecule has 5 heteroatoms. The number of hydrogen-bond donors (Lipinski definition) is 1. The van der Waals surface area contributed by atoms with Gasteiger partial charge in [0.15, 0.2) is 0 Å². The van der Waals surface area contributed by atoms with E-state index in [-0.39, 0.29) is 0 Å². The van der Waals surface area contributed by atoms with Gasteiger partial charge in [-0.25, -0.2) is 0 Å². The summed E-state index contributed by atoms with van der Waals surface area (Å²) < 4.78 is 1.84. The van der Waals surface area contributed by atoms with Crippen LogP contribution in [-0.2, 0) is 20.1 Å². The molecule has 0 unspecified atom stereocenters. The average Bonchev–Trinajstić information content (AvgIpc) is 2.81. The van der Waals surface area contributed by atoms with E-state index in [4.69, 9.17) is 0 Å². The molecule has 0 radical (unpaired) electrons. The third-order valence-corrected chi connectivity index (χ3v) is 2.93. The van der Waals surface area contributed by atoms with Crippen molar-refractivity contribution in [2.45, 2.75) is 13.1 Å². The van der Waals surface area contributed by atoms with E-state index in [0.29, 0.717) is 0 Å². The second-order valence-electron chi connectivity index (χ2n) is 4.80. The Hall–Kier alpha value is -1.72. The van der Waals surface area contributed by atoms with Crippen LogP contribution in [0.2, 0.25) is 0 Å². The third kappa shape index (κ3) is 4.81. The van der Waals surface area contributed by atoms with Gasteiger partial charge in [-0.2, -0.15) is 5.10 Å². The number of likely N-dealkylation sites (N-methyl/N-ethyl adjacent to an activating group) is 1. The summed E-state index contributed by atoms with van der Waals surface area (Å²) in [6.07, 6.45) is 7.66. The molecule has 0 aliphatic heterocycles. The summed E-state index contributed by atoms with van der Waals surface area (Å²) in [5, 5.41) is 7.59. The zero-order valence-corrected chi connectivity index (χ0v) is 11.6. The van der Waals surface area contributed by atoms with Gasteiger partial charge >= 0.3 is 0 Å². The van der Waals surface area contributed by atoms with E-state index in [1.54, 1.807) is 6.20 Å². The van der Waals surface area contributed by atoms with Crippen molar-refractivity contribution in [1.82, 2.24) is 25.0 Å². The van der Waals surface area contributed by atoms with Crippen molar-refractivity contribution in [1.29, 1.82) is 0 Å². The Balaban J connectivity index is 1.63. The molecule has 102 valence electrons. The van der Waals surface area contributed by atoms with E-state index in [9.17, 15) is 0 Å². The summed E-state index contributed by atoms with van der Waals surface area (Å²) in [4.78, 5) is 6.38. The van der Waals surface area contributed by atoms with Crippen molar-refractivity contribution in [2.75, 3.05) is 20.1 Å². The van der Waals surface area contributed by atoms with Crippen LogP contribution in [-0.4, -0.2) is 39.8 Å². The molecule has 0 aliphatic carbocycles. The molecular formula is C14H21N5. The second kappa shape index (κ2) is 7.01. The molecule has 5 nitrogen and oxygen atoms in total. The maximum absolute atomic E-state index is 4.17. The van der Waals surface area contributed by atoms with E-state index in [1.165, 1.54) is 11.1 Å². The molecule has 2 aromatic rings. The van der Waals surface area contributed by atoms with E-state index in [2.05, 4.69) is 39.6 Å². The first-order chi connectivity index (χ1) is 9.24. The monoisotopic (exact) mass is 259 g/mol. The quantitative estimate of drug-likeness (QED) is 0.755. The minimum atomic E-state index is 0.870. The van der Waals surface area contributed by atoms with Crippen molar-refractivity contribution in [3.05, 3.63) is 48.0 Å². The highest BCUT2D eigenvalue weighted by atomic mass is 15.2. The Morgan fingerprint density at radius 1 is 1.32 bits per heavy atom. The molecule has 0 amide bonds. The smallest absolute Gasteiger partial charge is 0.0534 e. The molecule has 0 aromatic carbocycles. The van der Waals surface area contributed by atoms with Crippen LogP contribution in [0.5, 0.6) is 0 Å². The van der Waals surface area contributed by atoms with Gasteiger partial charge in [0, 0.05) is 57.4 Å². The number of nitrogens with zero attached hydrogens (tertiary/aromatic N) is 4. The van der Waals surface area contributed by atoms with Crippen molar-refractivity contribution < 1.29 is 0 Å². The van der Waals surface area contributed by atoms with Crippen LogP contribution >= 0.6 is 0 Å². The normalized spacial score (nSPS) is 11.1. The number of nitrogens with one attached hydrogen (secondary N) is 1. The first kappa shape index (κ1) is 13.7. The van der Waals surface area contributed by atoms with Crippen LogP contribution in [0.15, 0.2) is 36.9 Å². The van der Waals surface area contributed by atoms with Crippen LogP contribution < -0.4 is 5.32 Å². The third-order valence-electron chi connectivity index (χ3n) is 2.93. The number of aryl methyl sites for hydroxylation is 1. The maximum Gasteiger partial charge on any atom is 0.0534 e. The summed E-state index contributed by atoms with van der Waals surface area (Å²) in [5.74, 6) is 0. The lowest BCUT2D eigenvalue weighted by atomic mass is 10.3. The van der Waals surface area contributed by atoms with Gasteiger partial charge in [-0.3, -0.25) is 9.67 Å². The molecule has 1 N–H and O–H groups in total. The zero-order valence-electron chi connectivity index (χ0n) is 11.6. The topological polar surface area (TPSA) is 46.0 Å². The summed E-state index contributed by atoms with van der Waals surface area (Å²) in [5.41, 5.74) is 2.47. The molecule has 0 saturated heterocycles. The van der Waals surface area contributed by atoms with Crippen LogP contribution in [0.25, 0.3) is 0 Å². The molecule has 2 rings (SSSR count). The molecule has 2 heterocycles. The Kier molecular flexibility index (Phi) is 5.06. The Morgan fingerprint density at radius 3 is 2.89 bits per heavy atom. The zero-order chi connectivity index (χ0) is 13.5. The predicted octanol–water partition coefficient (Wildman–Crippen LogP) is 1.04. The molecule has 0 aliphatic rings. The van der Waals surface area contributed by atoms with Gasteiger partial charge < -0.3 is 10.2 Å². The van der Waals surface area contributed by atoms with Gasteiger partial charge in [-0.1, -0.05) is 6.07 Å². The van der Waals surface area contributed by atoms with Gasteiger partial charge in [0.25, 0.3) is 0 Å². The van der Waals surface area contributed by atoms with Crippen molar-refractivity contribution in [3.8, 4) is 0 Å². The Labute approximate surface area is 114 Å². The predicted molar refractivity (Wildman–Crippen MR) is 75.5 cm³/mol. The Bertz CT molecular complexity index is 480. The van der Waals surface area contributed by atoms with Crippen molar-refractivity contribution >= 4 is 0 Å². The number of hydrogen-bond acceptors (Lipinski definition) is 4. The molecule has 19 heavy (non-hydrogen) atoms. The van der Waals surface area contributed by atoms with Gasteiger partial charge in [0.05, 0.1) is 6.20 Å². The van der Waals surface area contributed by atoms with Crippen molar-refractivity contribution in [3.63, 3.8) is 0 Å². The fraction of sp³-hybridized carbons (Fsp3) is 0.429. The molecular weight excluding hydrogens is 238 g/mol. The fourth-order valence-electron chi connectivity index (χ4n) is 1.95. The standard InChI is InChI=1S/C14H21N5/c1-18(11-14-10-17-19(2)12-14)7-6-16-9-13-4-3-5-15-8-13/h3-5,8,10,12,16H,6-7,9,11H2,1-2H3. The van der Waals surface area contributed by atoms with Gasteiger partial charge in [-0.15, -0.1) is 0 Å². The number of aromatic nitrogens is 3. The molecule has 0 fully saturated rings. The number of pyridine rings is 1. The second-order valence-corrected chi connectivity index (χ2v) is 4.80. The van der Waals surface area contributed by atoms with Crippen LogP contribution in [0.1, 0.15) is 11.1 Å². The first-order valence-electron chi connectivity index (χ1n) is 6.50. The largest absolute Gasteiger partial charge is 0.311 e. The lowest BCUT2D eigenvalue weighted by molar-refractivity contribution is 0.324. The van der Waals surface area contributed by atoms with E-state index >= 15 is 0 Å². The molecule has 0 bridgehead atoms. The minimum Gasteiger partial charge on any atom is -0.311 e. The van der Waals surface area contributed by atoms with Crippen LogP contribution in [0.4, 0.5) is 0 Å². The van der Waals surface area contributed by atoms with Gasteiger partial charge in [0.2, 0.25) is 0 Å².